The predicted molar refractivity (Wildman–Crippen MR) is 87.0 cm³/mol. The highest BCUT2D eigenvalue weighted by Crippen LogP contribution is 2.26. The number of nitrogens with zero attached hydrogens (tertiary/aromatic N) is 2. The van der Waals surface area contributed by atoms with Gasteiger partial charge in [-0.25, -0.2) is 13.4 Å². The van der Waals surface area contributed by atoms with Gasteiger partial charge in [-0.2, -0.15) is 4.31 Å². The van der Waals surface area contributed by atoms with Gasteiger partial charge < -0.3 is 4.74 Å². The van der Waals surface area contributed by atoms with Gasteiger partial charge >= 0.3 is 0 Å². The van der Waals surface area contributed by atoms with Crippen molar-refractivity contribution in [1.82, 2.24) is 9.29 Å². The van der Waals surface area contributed by atoms with Crippen LogP contribution in [0.2, 0.25) is 0 Å². The Morgan fingerprint density at radius 1 is 1.18 bits per heavy atom. The summed E-state index contributed by atoms with van der Waals surface area (Å²) in [7, 11) is -3.29. The third-order valence-corrected chi connectivity index (χ3v) is 5.79. The zero-order valence-electron chi connectivity index (χ0n) is 11.7. The fraction of sp³-hybridized carbons (Fsp3) is 0.267. The number of aromatic nitrogens is 1. The van der Waals surface area contributed by atoms with E-state index in [9.17, 15) is 8.42 Å². The van der Waals surface area contributed by atoms with Gasteiger partial charge in [0, 0.05) is 6.20 Å². The predicted octanol–water partition coefficient (Wildman–Crippen LogP) is 2.44. The van der Waals surface area contributed by atoms with Crippen molar-refractivity contribution >= 4 is 26.0 Å². The number of ether oxygens (including phenoxy) is 1. The van der Waals surface area contributed by atoms with Gasteiger partial charge in [0.1, 0.15) is 6.10 Å². The summed E-state index contributed by atoms with van der Waals surface area (Å²) in [5.74, 6) is 0.515. The van der Waals surface area contributed by atoms with Crippen molar-refractivity contribution in [2.75, 3.05) is 13.1 Å². The van der Waals surface area contributed by atoms with Gasteiger partial charge in [0.25, 0.3) is 0 Å². The van der Waals surface area contributed by atoms with E-state index in [1.807, 2.05) is 36.4 Å². The van der Waals surface area contributed by atoms with Gasteiger partial charge in [-0.1, -0.05) is 30.3 Å². The largest absolute Gasteiger partial charge is 0.471 e. The van der Waals surface area contributed by atoms with Crippen molar-refractivity contribution in [1.29, 1.82) is 0 Å². The van der Waals surface area contributed by atoms with E-state index in [4.69, 9.17) is 4.74 Å². The summed E-state index contributed by atoms with van der Waals surface area (Å²) in [6.07, 6.45) is 1.49. The second-order valence-electron chi connectivity index (χ2n) is 5.09. The Bertz CT molecular complexity index is 746. The smallest absolute Gasteiger partial charge is 0.228 e. The molecular weight excluding hydrogens is 368 g/mol. The Kier molecular flexibility index (Phi) is 4.46. The number of halogens is 1. The standard InChI is InChI=1S/C15H15BrN2O3S/c16-14-7-4-8-17-15(14)21-13-9-18(10-13)22(19,20)11-12-5-2-1-3-6-12/h1-8,13H,9-11H2. The summed E-state index contributed by atoms with van der Waals surface area (Å²) in [5.41, 5.74) is 0.791. The van der Waals surface area contributed by atoms with Crippen LogP contribution in [0.25, 0.3) is 0 Å². The van der Waals surface area contributed by atoms with Gasteiger partial charge in [-0.3, -0.25) is 0 Å². The first-order chi connectivity index (χ1) is 10.5. The van der Waals surface area contributed by atoms with Crippen LogP contribution in [-0.4, -0.2) is 36.9 Å². The average Bonchev–Trinajstić information content (AvgIpc) is 2.44. The van der Waals surface area contributed by atoms with Crippen LogP contribution in [0.3, 0.4) is 0 Å². The summed E-state index contributed by atoms with van der Waals surface area (Å²) in [5, 5.41) is 0. The third-order valence-electron chi connectivity index (χ3n) is 3.40. The number of benzene rings is 1. The Balaban J connectivity index is 1.57. The quantitative estimate of drug-likeness (QED) is 0.796. The number of pyridine rings is 1. The fourth-order valence-electron chi connectivity index (χ4n) is 2.19. The molecule has 0 amide bonds. The molecule has 3 rings (SSSR count). The lowest BCUT2D eigenvalue weighted by atomic mass is 10.2. The van der Waals surface area contributed by atoms with Crippen LogP contribution >= 0.6 is 15.9 Å². The van der Waals surface area contributed by atoms with E-state index in [1.165, 1.54) is 4.31 Å². The van der Waals surface area contributed by atoms with Crippen LogP contribution in [0.5, 0.6) is 5.88 Å². The van der Waals surface area contributed by atoms with Crippen LogP contribution in [0.15, 0.2) is 53.1 Å². The first-order valence-electron chi connectivity index (χ1n) is 6.83. The highest BCUT2D eigenvalue weighted by molar-refractivity contribution is 9.10. The van der Waals surface area contributed by atoms with Crippen LogP contribution in [0.4, 0.5) is 0 Å². The molecule has 2 heterocycles. The van der Waals surface area contributed by atoms with Crippen molar-refractivity contribution in [3.05, 3.63) is 58.7 Å². The lowest BCUT2D eigenvalue weighted by molar-refractivity contribution is 0.0712. The van der Waals surface area contributed by atoms with Crippen LogP contribution in [-0.2, 0) is 15.8 Å². The first kappa shape index (κ1) is 15.5. The van der Waals surface area contributed by atoms with E-state index < -0.39 is 10.0 Å². The maximum Gasteiger partial charge on any atom is 0.228 e. The van der Waals surface area contributed by atoms with Crippen molar-refractivity contribution in [2.24, 2.45) is 0 Å². The van der Waals surface area contributed by atoms with E-state index in [2.05, 4.69) is 20.9 Å². The van der Waals surface area contributed by atoms with Crippen LogP contribution in [0.1, 0.15) is 5.56 Å². The van der Waals surface area contributed by atoms with Crippen LogP contribution in [0, 0.1) is 0 Å². The zero-order valence-corrected chi connectivity index (χ0v) is 14.1. The molecule has 0 atom stereocenters. The molecule has 1 fully saturated rings. The zero-order chi connectivity index (χ0) is 15.6. The monoisotopic (exact) mass is 382 g/mol. The first-order valence-corrected chi connectivity index (χ1v) is 9.24. The molecule has 0 radical (unpaired) electrons. The molecule has 0 N–H and O–H groups in total. The summed E-state index contributed by atoms with van der Waals surface area (Å²) in [6, 6.07) is 12.8. The van der Waals surface area contributed by atoms with Gasteiger partial charge in [0.15, 0.2) is 0 Å². The molecule has 22 heavy (non-hydrogen) atoms. The Labute approximate surface area is 138 Å². The maximum absolute atomic E-state index is 12.3. The lowest BCUT2D eigenvalue weighted by Gasteiger charge is -2.37. The van der Waals surface area contributed by atoms with E-state index in [1.54, 1.807) is 12.3 Å². The van der Waals surface area contributed by atoms with Crippen molar-refractivity contribution in [3.8, 4) is 5.88 Å². The second-order valence-corrected chi connectivity index (χ2v) is 7.91. The van der Waals surface area contributed by atoms with Crippen LogP contribution < -0.4 is 4.74 Å². The maximum atomic E-state index is 12.3. The summed E-state index contributed by atoms with van der Waals surface area (Å²) in [4.78, 5) is 4.12. The highest BCUT2D eigenvalue weighted by Gasteiger charge is 2.37. The van der Waals surface area contributed by atoms with Crippen molar-refractivity contribution in [3.63, 3.8) is 0 Å². The molecule has 0 saturated carbocycles. The molecule has 5 nitrogen and oxygen atoms in total. The molecule has 1 aromatic carbocycles. The molecule has 0 unspecified atom stereocenters. The molecule has 116 valence electrons. The summed E-state index contributed by atoms with van der Waals surface area (Å²) in [6.45, 7) is 0.719. The highest BCUT2D eigenvalue weighted by atomic mass is 79.9. The minimum absolute atomic E-state index is 0.0217. The molecule has 2 aromatic rings. The molecule has 1 aliphatic heterocycles. The third kappa shape index (κ3) is 3.48. The second kappa shape index (κ2) is 6.36. The molecule has 1 aliphatic rings. The average molecular weight is 383 g/mol. The SMILES string of the molecule is O=S(=O)(Cc1ccccc1)N1CC(Oc2ncccc2Br)C1. The number of sulfonamides is 1. The Hall–Kier alpha value is -1.44. The molecular formula is C15H15BrN2O3S. The molecule has 0 bridgehead atoms. The minimum atomic E-state index is -3.29. The molecule has 1 aromatic heterocycles. The molecule has 1 saturated heterocycles. The number of rotatable bonds is 5. The number of hydrogen-bond acceptors (Lipinski definition) is 4. The normalized spacial score (nSPS) is 16.2. The Morgan fingerprint density at radius 2 is 1.91 bits per heavy atom. The molecule has 0 aliphatic carbocycles. The van der Waals surface area contributed by atoms with Gasteiger partial charge in [-0.15, -0.1) is 0 Å². The summed E-state index contributed by atoms with van der Waals surface area (Å²) < 4.78 is 32.5. The van der Waals surface area contributed by atoms with Crippen molar-refractivity contribution in [2.45, 2.75) is 11.9 Å². The van der Waals surface area contributed by atoms with Crippen molar-refractivity contribution < 1.29 is 13.2 Å². The Morgan fingerprint density at radius 3 is 2.59 bits per heavy atom. The van der Waals surface area contributed by atoms with E-state index in [-0.39, 0.29) is 11.9 Å². The van der Waals surface area contributed by atoms with E-state index in [0.717, 1.165) is 10.0 Å². The van der Waals surface area contributed by atoms with Gasteiger partial charge in [-0.05, 0) is 33.6 Å². The topological polar surface area (TPSA) is 59.5 Å². The minimum Gasteiger partial charge on any atom is -0.471 e. The van der Waals surface area contributed by atoms with E-state index in [0.29, 0.717) is 19.0 Å². The number of hydrogen-bond donors (Lipinski definition) is 0. The lowest BCUT2D eigenvalue weighted by Crippen LogP contribution is -2.56. The fourth-order valence-corrected chi connectivity index (χ4v) is 4.13. The molecule has 0 spiro atoms. The summed E-state index contributed by atoms with van der Waals surface area (Å²) >= 11 is 3.36. The van der Waals surface area contributed by atoms with E-state index >= 15 is 0 Å². The van der Waals surface area contributed by atoms with Gasteiger partial charge in [0.2, 0.25) is 15.9 Å². The molecule has 7 heteroatoms. The van der Waals surface area contributed by atoms with Gasteiger partial charge in [0.05, 0.1) is 23.3 Å².